The zero-order valence-corrected chi connectivity index (χ0v) is 15.2. The van der Waals surface area contributed by atoms with Crippen LogP contribution in [0.15, 0.2) is 11.6 Å². The van der Waals surface area contributed by atoms with Crippen molar-refractivity contribution in [1.29, 1.82) is 0 Å². The highest BCUT2D eigenvalue weighted by Crippen LogP contribution is 2.66. The number of hydrogen-bond donors (Lipinski definition) is 1. The van der Waals surface area contributed by atoms with Gasteiger partial charge in [-0.2, -0.15) is 0 Å². The first-order chi connectivity index (χ1) is 11.3. The van der Waals surface area contributed by atoms with Crippen molar-refractivity contribution < 1.29 is 14.7 Å². The molecule has 0 heterocycles. The summed E-state index contributed by atoms with van der Waals surface area (Å²) in [6, 6.07) is 0. The number of Topliss-reactive ketones (excluding diaryl/α,β-unsaturated/α-hetero) is 1. The predicted molar refractivity (Wildman–Crippen MR) is 92.3 cm³/mol. The van der Waals surface area contributed by atoms with Crippen LogP contribution in [0.2, 0.25) is 0 Å². The first-order valence-electron chi connectivity index (χ1n) is 9.70. The van der Waals surface area contributed by atoms with Crippen LogP contribution in [0.25, 0.3) is 0 Å². The number of aliphatic hydroxyl groups excluding tert-OH is 1. The van der Waals surface area contributed by atoms with Crippen LogP contribution in [0.1, 0.15) is 65.7 Å². The molecule has 0 aromatic rings. The molecule has 1 N–H and O–H groups in total. The second-order valence-corrected chi connectivity index (χ2v) is 9.41. The van der Waals surface area contributed by atoms with Gasteiger partial charge in [-0.15, -0.1) is 0 Å². The standard InChI is InChI=1S/C21H30O3/c1-12(22)16-6-7-17-15-5-4-13-10-14(23)8-9-20(13,2)19(15)18(24)11-21(16,17)3/h10,15-19,24H,4-9,11H2,1-3H3/t15?,16?,17?,18-,19?,20+,21-/m1/s1. The minimum Gasteiger partial charge on any atom is -0.393 e. The molecule has 0 radical (unpaired) electrons. The van der Waals surface area contributed by atoms with E-state index in [0.717, 1.165) is 38.5 Å². The van der Waals surface area contributed by atoms with E-state index in [2.05, 4.69) is 13.8 Å². The number of ketones is 2. The van der Waals surface area contributed by atoms with Gasteiger partial charge in [0.1, 0.15) is 5.78 Å². The lowest BCUT2D eigenvalue weighted by atomic mass is 9.46. The number of allylic oxidation sites excluding steroid dienone is 1. The van der Waals surface area contributed by atoms with Crippen LogP contribution in [0.3, 0.4) is 0 Å². The van der Waals surface area contributed by atoms with Gasteiger partial charge in [0.05, 0.1) is 6.10 Å². The van der Waals surface area contributed by atoms with Crippen LogP contribution >= 0.6 is 0 Å². The molecular weight excluding hydrogens is 300 g/mol. The molecule has 3 heteroatoms. The molecule has 0 aliphatic heterocycles. The Labute approximate surface area is 144 Å². The average molecular weight is 330 g/mol. The van der Waals surface area contributed by atoms with Crippen LogP contribution in [-0.2, 0) is 9.59 Å². The molecule has 0 aromatic heterocycles. The van der Waals surface area contributed by atoms with Gasteiger partial charge < -0.3 is 5.11 Å². The lowest BCUT2D eigenvalue weighted by molar-refractivity contribution is -0.143. The normalized spacial score (nSPS) is 50.6. The van der Waals surface area contributed by atoms with E-state index in [1.165, 1.54) is 5.57 Å². The van der Waals surface area contributed by atoms with Gasteiger partial charge in [-0.05, 0) is 80.1 Å². The summed E-state index contributed by atoms with van der Waals surface area (Å²) in [6.07, 6.45) is 7.97. The second kappa shape index (κ2) is 5.27. The molecule has 0 amide bonds. The summed E-state index contributed by atoms with van der Waals surface area (Å²) in [5.41, 5.74) is 1.23. The molecule has 0 bridgehead atoms. The summed E-state index contributed by atoms with van der Waals surface area (Å²) in [5, 5.41) is 11.2. The third-order valence-corrected chi connectivity index (χ3v) is 8.38. The molecule has 3 nitrogen and oxygen atoms in total. The number of carbonyl (C=O) groups excluding carboxylic acids is 2. The van der Waals surface area contributed by atoms with E-state index in [1.54, 1.807) is 6.92 Å². The first kappa shape index (κ1) is 16.5. The summed E-state index contributed by atoms with van der Waals surface area (Å²) < 4.78 is 0. The Kier molecular flexibility index (Phi) is 3.62. The van der Waals surface area contributed by atoms with E-state index in [0.29, 0.717) is 24.0 Å². The van der Waals surface area contributed by atoms with E-state index < -0.39 is 0 Å². The molecule has 4 unspecified atom stereocenters. The van der Waals surface area contributed by atoms with E-state index in [-0.39, 0.29) is 34.6 Å². The fraction of sp³-hybridized carbons (Fsp3) is 0.810. The van der Waals surface area contributed by atoms with Gasteiger partial charge in [-0.3, -0.25) is 9.59 Å². The molecular formula is C21H30O3. The first-order valence-corrected chi connectivity index (χ1v) is 9.70. The van der Waals surface area contributed by atoms with Gasteiger partial charge in [-0.1, -0.05) is 19.4 Å². The highest BCUT2D eigenvalue weighted by molar-refractivity contribution is 5.91. The summed E-state index contributed by atoms with van der Waals surface area (Å²) >= 11 is 0. The van der Waals surface area contributed by atoms with Crippen molar-refractivity contribution in [1.82, 2.24) is 0 Å². The number of carbonyl (C=O) groups is 2. The van der Waals surface area contributed by atoms with Crippen molar-refractivity contribution in [3.05, 3.63) is 11.6 Å². The molecule has 24 heavy (non-hydrogen) atoms. The quantitative estimate of drug-likeness (QED) is 0.797. The Morgan fingerprint density at radius 2 is 1.96 bits per heavy atom. The lowest BCUT2D eigenvalue weighted by Gasteiger charge is -2.59. The fourth-order valence-electron chi connectivity index (χ4n) is 7.35. The number of hydrogen-bond acceptors (Lipinski definition) is 3. The summed E-state index contributed by atoms with van der Waals surface area (Å²) in [7, 11) is 0. The minimum atomic E-state index is -0.349. The van der Waals surface area contributed by atoms with Crippen molar-refractivity contribution in [3.8, 4) is 0 Å². The van der Waals surface area contributed by atoms with Gasteiger partial charge in [0.2, 0.25) is 0 Å². The van der Waals surface area contributed by atoms with E-state index >= 15 is 0 Å². The summed E-state index contributed by atoms with van der Waals surface area (Å²) in [6.45, 7) is 6.27. The molecule has 4 aliphatic rings. The van der Waals surface area contributed by atoms with Gasteiger partial charge in [0.15, 0.2) is 5.78 Å². The Balaban J connectivity index is 1.72. The van der Waals surface area contributed by atoms with Crippen molar-refractivity contribution >= 4 is 11.6 Å². The maximum Gasteiger partial charge on any atom is 0.155 e. The highest BCUT2D eigenvalue weighted by atomic mass is 16.3. The maximum absolute atomic E-state index is 12.2. The van der Waals surface area contributed by atoms with Crippen LogP contribution in [0, 0.1) is 34.5 Å². The number of aliphatic hydroxyl groups is 1. The topological polar surface area (TPSA) is 54.4 Å². The Hall–Kier alpha value is -0.960. The molecule has 0 spiro atoms. The second-order valence-electron chi connectivity index (χ2n) is 9.41. The maximum atomic E-state index is 12.2. The Morgan fingerprint density at radius 1 is 1.21 bits per heavy atom. The zero-order chi connectivity index (χ0) is 17.3. The molecule has 3 saturated carbocycles. The van der Waals surface area contributed by atoms with Crippen LogP contribution in [0.4, 0.5) is 0 Å². The lowest BCUT2D eigenvalue weighted by Crippen LogP contribution is -2.56. The third-order valence-electron chi connectivity index (χ3n) is 8.38. The van der Waals surface area contributed by atoms with Crippen LogP contribution in [-0.4, -0.2) is 22.8 Å². The van der Waals surface area contributed by atoms with Gasteiger partial charge in [0.25, 0.3) is 0 Å². The Bertz CT molecular complexity index is 621. The molecule has 3 fully saturated rings. The highest BCUT2D eigenvalue weighted by Gasteiger charge is 2.62. The largest absolute Gasteiger partial charge is 0.393 e. The van der Waals surface area contributed by atoms with Crippen LogP contribution in [0.5, 0.6) is 0 Å². The van der Waals surface area contributed by atoms with Gasteiger partial charge in [-0.25, -0.2) is 0 Å². The minimum absolute atomic E-state index is 0.0219. The third kappa shape index (κ3) is 2.06. The predicted octanol–water partition coefficient (Wildman–Crippen LogP) is 3.69. The molecule has 0 saturated heterocycles. The van der Waals surface area contributed by atoms with Crippen molar-refractivity contribution in [3.63, 3.8) is 0 Å². The van der Waals surface area contributed by atoms with Crippen molar-refractivity contribution in [2.75, 3.05) is 0 Å². The SMILES string of the molecule is CC(=O)C1CCC2C3CCC4=CC(=O)CC[C@]4(C)C3[C@H](O)C[C@]12C. The van der Waals surface area contributed by atoms with E-state index in [1.807, 2.05) is 6.08 Å². The molecule has 132 valence electrons. The van der Waals surface area contributed by atoms with E-state index in [9.17, 15) is 14.7 Å². The molecule has 7 atom stereocenters. The number of fused-ring (bicyclic) bond motifs is 5. The van der Waals surface area contributed by atoms with Gasteiger partial charge in [0, 0.05) is 12.3 Å². The number of rotatable bonds is 1. The van der Waals surface area contributed by atoms with Crippen molar-refractivity contribution in [2.45, 2.75) is 71.8 Å². The average Bonchev–Trinajstić information content (AvgIpc) is 2.84. The smallest absolute Gasteiger partial charge is 0.155 e. The van der Waals surface area contributed by atoms with Crippen LogP contribution < -0.4 is 0 Å². The van der Waals surface area contributed by atoms with E-state index in [4.69, 9.17) is 0 Å². The van der Waals surface area contributed by atoms with Gasteiger partial charge >= 0.3 is 0 Å². The zero-order valence-electron chi connectivity index (χ0n) is 15.2. The van der Waals surface area contributed by atoms with Crippen molar-refractivity contribution in [2.24, 2.45) is 34.5 Å². The molecule has 4 rings (SSSR count). The molecule has 4 aliphatic carbocycles. The Morgan fingerprint density at radius 3 is 2.67 bits per heavy atom. The summed E-state index contributed by atoms with van der Waals surface area (Å²) in [5.74, 6) is 1.99. The monoisotopic (exact) mass is 330 g/mol. The fourth-order valence-corrected chi connectivity index (χ4v) is 7.35. The molecule has 0 aromatic carbocycles. The summed E-state index contributed by atoms with van der Waals surface area (Å²) in [4.78, 5) is 24.0.